The molecule has 1 N–H and O–H groups in total. The molecule has 3 aromatic rings. The zero-order valence-corrected chi connectivity index (χ0v) is 15.1. The molecule has 6 nitrogen and oxygen atoms in total. The summed E-state index contributed by atoms with van der Waals surface area (Å²) in [5.41, 5.74) is 1.30. The van der Waals surface area contributed by atoms with Gasteiger partial charge in [0.2, 0.25) is 5.91 Å². The molecular weight excluding hydrogens is 386 g/mol. The molecule has 25 heavy (non-hydrogen) atoms. The van der Waals surface area contributed by atoms with Crippen LogP contribution < -0.4 is 15.6 Å². The van der Waals surface area contributed by atoms with Crippen molar-refractivity contribution in [2.24, 2.45) is 0 Å². The van der Waals surface area contributed by atoms with Crippen molar-refractivity contribution >= 4 is 32.7 Å². The number of benzene rings is 2. The van der Waals surface area contributed by atoms with Crippen molar-refractivity contribution in [1.29, 1.82) is 0 Å². The molecule has 0 radical (unpaired) electrons. The van der Waals surface area contributed by atoms with Crippen molar-refractivity contribution in [3.8, 4) is 5.75 Å². The zero-order valence-electron chi connectivity index (χ0n) is 13.5. The highest BCUT2D eigenvalue weighted by atomic mass is 79.9. The molecule has 0 atom stereocenters. The van der Waals surface area contributed by atoms with Crippen LogP contribution in [0.25, 0.3) is 10.9 Å². The summed E-state index contributed by atoms with van der Waals surface area (Å²) in [6.07, 6.45) is 1.39. The first-order valence-corrected chi connectivity index (χ1v) is 8.40. The normalized spacial score (nSPS) is 10.6. The lowest BCUT2D eigenvalue weighted by molar-refractivity contribution is -0.121. The number of nitrogens with zero attached hydrogens (tertiary/aromatic N) is 2. The number of rotatable bonds is 5. The van der Waals surface area contributed by atoms with Gasteiger partial charge >= 0.3 is 0 Å². The quantitative estimate of drug-likeness (QED) is 0.712. The Morgan fingerprint density at radius 3 is 2.72 bits per heavy atom. The predicted molar refractivity (Wildman–Crippen MR) is 98.5 cm³/mol. The summed E-state index contributed by atoms with van der Waals surface area (Å²) in [5, 5.41) is 3.27. The Morgan fingerprint density at radius 2 is 2.00 bits per heavy atom. The monoisotopic (exact) mass is 401 g/mol. The number of carbonyl (C=O) groups excluding carboxylic acids is 1. The van der Waals surface area contributed by atoms with E-state index in [1.165, 1.54) is 10.9 Å². The Bertz CT molecular complexity index is 967. The summed E-state index contributed by atoms with van der Waals surface area (Å²) >= 11 is 3.34. The van der Waals surface area contributed by atoms with Gasteiger partial charge in [-0.2, -0.15) is 0 Å². The summed E-state index contributed by atoms with van der Waals surface area (Å²) in [4.78, 5) is 28.8. The van der Waals surface area contributed by atoms with E-state index in [1.54, 1.807) is 19.2 Å². The number of hydrogen-bond acceptors (Lipinski definition) is 4. The molecule has 0 aliphatic heterocycles. The molecule has 0 spiro atoms. The van der Waals surface area contributed by atoms with Crippen LogP contribution in [0.15, 0.2) is 58.1 Å². The van der Waals surface area contributed by atoms with Crippen LogP contribution in [-0.2, 0) is 17.9 Å². The van der Waals surface area contributed by atoms with E-state index in [1.807, 2.05) is 30.3 Å². The van der Waals surface area contributed by atoms with Gasteiger partial charge in [0, 0.05) is 11.0 Å². The Morgan fingerprint density at radius 1 is 1.24 bits per heavy atom. The number of aromatic nitrogens is 2. The van der Waals surface area contributed by atoms with Gasteiger partial charge in [0.05, 0.1) is 24.3 Å². The minimum Gasteiger partial charge on any atom is -0.497 e. The van der Waals surface area contributed by atoms with Crippen LogP contribution in [0, 0.1) is 0 Å². The molecule has 2 aromatic carbocycles. The predicted octanol–water partition coefficient (Wildman–Crippen LogP) is 2.48. The molecule has 0 bridgehead atoms. The lowest BCUT2D eigenvalue weighted by atomic mass is 10.2. The topological polar surface area (TPSA) is 73.2 Å². The average Bonchev–Trinajstić information content (AvgIpc) is 2.63. The third kappa shape index (κ3) is 4.06. The summed E-state index contributed by atoms with van der Waals surface area (Å²) in [7, 11) is 1.60. The zero-order chi connectivity index (χ0) is 17.8. The molecular formula is C18H16BrN3O3. The highest BCUT2D eigenvalue weighted by molar-refractivity contribution is 9.10. The first-order valence-electron chi connectivity index (χ1n) is 7.61. The van der Waals surface area contributed by atoms with E-state index < -0.39 is 0 Å². The van der Waals surface area contributed by atoms with Crippen LogP contribution in [0.5, 0.6) is 5.75 Å². The second kappa shape index (κ2) is 7.48. The van der Waals surface area contributed by atoms with E-state index in [0.29, 0.717) is 17.4 Å². The van der Waals surface area contributed by atoms with Crippen LogP contribution in [0.1, 0.15) is 5.56 Å². The first-order chi connectivity index (χ1) is 12.1. The maximum atomic E-state index is 12.5. The standard InChI is InChI=1S/C18H16BrN3O3/c1-25-14-5-2-12(3-6-14)9-20-17(23)10-22-11-21-16-7-4-13(19)8-15(16)18(22)24/h2-8,11H,9-10H2,1H3,(H,20,23). The van der Waals surface area contributed by atoms with E-state index in [0.717, 1.165) is 15.8 Å². The lowest BCUT2D eigenvalue weighted by Crippen LogP contribution is -2.32. The number of ether oxygens (including phenoxy) is 1. The van der Waals surface area contributed by atoms with E-state index in [9.17, 15) is 9.59 Å². The van der Waals surface area contributed by atoms with Crippen LogP contribution in [0.2, 0.25) is 0 Å². The first kappa shape index (κ1) is 17.2. The number of carbonyl (C=O) groups is 1. The molecule has 0 saturated heterocycles. The summed E-state index contributed by atoms with van der Waals surface area (Å²) in [5.74, 6) is 0.504. The Kier molecular flexibility index (Phi) is 5.14. The van der Waals surface area contributed by atoms with Gasteiger partial charge in [-0.05, 0) is 35.9 Å². The fourth-order valence-corrected chi connectivity index (χ4v) is 2.76. The van der Waals surface area contributed by atoms with Gasteiger partial charge in [0.25, 0.3) is 5.56 Å². The van der Waals surface area contributed by atoms with Crippen molar-refractivity contribution < 1.29 is 9.53 Å². The maximum absolute atomic E-state index is 12.5. The number of hydrogen-bond donors (Lipinski definition) is 1. The van der Waals surface area contributed by atoms with Crippen LogP contribution >= 0.6 is 15.9 Å². The number of amides is 1. The van der Waals surface area contributed by atoms with Crippen molar-refractivity contribution in [1.82, 2.24) is 14.9 Å². The average molecular weight is 402 g/mol. The summed E-state index contributed by atoms with van der Waals surface area (Å²) in [6, 6.07) is 12.7. The van der Waals surface area contributed by atoms with Crippen molar-refractivity contribution in [3.05, 3.63) is 69.2 Å². The van der Waals surface area contributed by atoms with Gasteiger partial charge in [-0.25, -0.2) is 4.98 Å². The SMILES string of the molecule is COc1ccc(CNC(=O)Cn2cnc3ccc(Br)cc3c2=O)cc1. The Balaban J connectivity index is 1.69. The third-order valence-corrected chi connectivity index (χ3v) is 4.24. The smallest absolute Gasteiger partial charge is 0.261 e. The lowest BCUT2D eigenvalue weighted by Gasteiger charge is -2.09. The minimum atomic E-state index is -0.255. The van der Waals surface area contributed by atoms with Crippen LogP contribution in [0.4, 0.5) is 0 Å². The van der Waals surface area contributed by atoms with E-state index in [4.69, 9.17) is 4.74 Å². The molecule has 3 rings (SSSR count). The highest BCUT2D eigenvalue weighted by Crippen LogP contribution is 2.15. The Hall–Kier alpha value is -2.67. The van der Waals surface area contributed by atoms with Gasteiger partial charge in [-0.1, -0.05) is 28.1 Å². The molecule has 0 aliphatic rings. The largest absolute Gasteiger partial charge is 0.497 e. The van der Waals surface area contributed by atoms with Crippen LogP contribution in [-0.4, -0.2) is 22.6 Å². The Labute approximate surface area is 152 Å². The van der Waals surface area contributed by atoms with Crippen molar-refractivity contribution in [3.63, 3.8) is 0 Å². The van der Waals surface area contributed by atoms with Gasteiger partial charge < -0.3 is 10.1 Å². The molecule has 1 heterocycles. The van der Waals surface area contributed by atoms with Crippen molar-refractivity contribution in [2.75, 3.05) is 7.11 Å². The maximum Gasteiger partial charge on any atom is 0.261 e. The summed E-state index contributed by atoms with van der Waals surface area (Å²) < 4.78 is 7.19. The van der Waals surface area contributed by atoms with E-state index in [-0.39, 0.29) is 18.0 Å². The number of methoxy groups -OCH3 is 1. The number of halogens is 1. The minimum absolute atomic E-state index is 0.0789. The van der Waals surface area contributed by atoms with E-state index >= 15 is 0 Å². The van der Waals surface area contributed by atoms with Crippen molar-refractivity contribution in [2.45, 2.75) is 13.1 Å². The third-order valence-electron chi connectivity index (χ3n) is 3.75. The molecule has 1 amide bonds. The second-order valence-electron chi connectivity index (χ2n) is 5.46. The molecule has 0 unspecified atom stereocenters. The van der Waals surface area contributed by atoms with Gasteiger partial charge in [-0.3, -0.25) is 14.2 Å². The molecule has 1 aromatic heterocycles. The molecule has 7 heteroatoms. The fourth-order valence-electron chi connectivity index (χ4n) is 2.40. The van der Waals surface area contributed by atoms with Gasteiger partial charge in [-0.15, -0.1) is 0 Å². The molecule has 0 aliphatic carbocycles. The number of nitrogens with one attached hydrogen (secondary N) is 1. The second-order valence-corrected chi connectivity index (χ2v) is 6.38. The molecule has 0 saturated carbocycles. The summed E-state index contributed by atoms with van der Waals surface area (Å²) in [6.45, 7) is 0.300. The fraction of sp³-hybridized carbons (Fsp3) is 0.167. The van der Waals surface area contributed by atoms with Gasteiger partial charge in [0.15, 0.2) is 0 Å². The molecule has 128 valence electrons. The van der Waals surface area contributed by atoms with E-state index in [2.05, 4.69) is 26.2 Å². The van der Waals surface area contributed by atoms with Crippen LogP contribution in [0.3, 0.4) is 0 Å². The van der Waals surface area contributed by atoms with Gasteiger partial charge in [0.1, 0.15) is 12.3 Å². The molecule has 0 fully saturated rings. The highest BCUT2D eigenvalue weighted by Gasteiger charge is 2.08. The number of fused-ring (bicyclic) bond motifs is 1.